The van der Waals surface area contributed by atoms with Gasteiger partial charge in [0.05, 0.1) is 11.8 Å². The lowest BCUT2D eigenvalue weighted by atomic mass is 9.91. The van der Waals surface area contributed by atoms with Crippen LogP contribution in [0.2, 0.25) is 0 Å². The van der Waals surface area contributed by atoms with Gasteiger partial charge in [-0.2, -0.15) is 43.2 Å². The maximum atomic E-state index is 13.9. The van der Waals surface area contributed by atoms with E-state index in [4.69, 9.17) is 14.0 Å². The van der Waals surface area contributed by atoms with E-state index in [9.17, 15) is 57.6 Å². The standard InChI is InChI=1S/C23H29F6NO11S2/c1-4-20(2,3)19(33)40-14-13-39-18(32)10-9-17(31)30-12-11-15-5-7-16(8-6-15)41-43(37,38)23(28,29)21(24,25)22(26,27)42(34,35)36/h5-8H,4,9-14H2,1-3H3,(H,30,31)(H,34,35,36). The van der Waals surface area contributed by atoms with E-state index in [0.29, 0.717) is 24.1 Å². The van der Waals surface area contributed by atoms with Crippen molar-refractivity contribution < 1.29 is 75.8 Å². The first kappa shape index (κ1) is 37.9. The van der Waals surface area contributed by atoms with E-state index >= 15 is 0 Å². The van der Waals surface area contributed by atoms with Crippen molar-refractivity contribution in [3.63, 3.8) is 0 Å². The molecule has 0 aliphatic rings. The molecule has 0 radical (unpaired) electrons. The predicted octanol–water partition coefficient (Wildman–Crippen LogP) is 3.07. The van der Waals surface area contributed by atoms with Gasteiger partial charge >= 0.3 is 48.6 Å². The normalized spacial score (nSPS) is 13.3. The molecule has 1 aromatic carbocycles. The summed E-state index contributed by atoms with van der Waals surface area (Å²) in [6.07, 6.45) is 0.0471. The van der Waals surface area contributed by atoms with Gasteiger partial charge in [0.1, 0.15) is 19.0 Å². The second-order valence-corrected chi connectivity index (χ2v) is 12.5. The number of hydrogen-bond donors (Lipinski definition) is 2. The van der Waals surface area contributed by atoms with Crippen molar-refractivity contribution in [2.45, 2.75) is 62.9 Å². The lowest BCUT2D eigenvalue weighted by Crippen LogP contribution is -2.61. The van der Waals surface area contributed by atoms with E-state index in [1.165, 1.54) is 0 Å². The van der Waals surface area contributed by atoms with Crippen LogP contribution in [0.5, 0.6) is 5.75 Å². The zero-order chi connectivity index (χ0) is 33.5. The number of amides is 1. The van der Waals surface area contributed by atoms with Crippen LogP contribution in [0.3, 0.4) is 0 Å². The molecule has 12 nitrogen and oxygen atoms in total. The lowest BCUT2D eigenvalue weighted by molar-refractivity contribution is -0.247. The average Bonchev–Trinajstić information content (AvgIpc) is 2.89. The van der Waals surface area contributed by atoms with Crippen LogP contribution in [0.25, 0.3) is 0 Å². The largest absolute Gasteiger partial charge is 0.462 e. The molecule has 0 aliphatic carbocycles. The number of ether oxygens (including phenoxy) is 2. The number of rotatable bonds is 17. The molecule has 0 unspecified atom stereocenters. The van der Waals surface area contributed by atoms with Gasteiger partial charge in [-0.3, -0.25) is 18.9 Å². The molecule has 0 saturated carbocycles. The number of nitrogens with one attached hydrogen (secondary N) is 1. The Kier molecular flexibility index (Phi) is 12.4. The molecule has 0 aromatic heterocycles. The Bertz CT molecular complexity index is 1370. The van der Waals surface area contributed by atoms with Gasteiger partial charge in [0.15, 0.2) is 0 Å². The van der Waals surface area contributed by atoms with Crippen molar-refractivity contribution in [2.75, 3.05) is 19.8 Å². The van der Waals surface area contributed by atoms with Crippen LogP contribution >= 0.6 is 0 Å². The van der Waals surface area contributed by atoms with Crippen molar-refractivity contribution in [1.82, 2.24) is 5.32 Å². The van der Waals surface area contributed by atoms with E-state index in [1.807, 2.05) is 6.92 Å². The van der Waals surface area contributed by atoms with Gasteiger partial charge in [-0.25, -0.2) is 0 Å². The van der Waals surface area contributed by atoms with Crippen LogP contribution in [0, 0.1) is 5.41 Å². The smallest absolute Gasteiger partial charge is 0.450 e. The van der Waals surface area contributed by atoms with E-state index in [-0.39, 0.29) is 39.0 Å². The van der Waals surface area contributed by atoms with E-state index in [1.54, 1.807) is 13.8 Å². The SMILES string of the molecule is CCC(C)(C)C(=O)OCCOC(=O)CCC(=O)NCCc1ccc(OS(=O)(=O)C(F)(F)C(F)(F)C(F)(F)S(=O)(=O)O)cc1. The minimum absolute atomic E-state index is 0.0371. The highest BCUT2D eigenvalue weighted by atomic mass is 32.2. The number of carbonyl (C=O) groups excluding carboxylic acids is 3. The van der Waals surface area contributed by atoms with Crippen LogP contribution in [-0.2, 0) is 50.5 Å². The molecule has 0 fully saturated rings. The zero-order valence-electron chi connectivity index (χ0n) is 22.9. The molecule has 20 heteroatoms. The number of halogens is 6. The maximum Gasteiger partial charge on any atom is 0.450 e. The summed E-state index contributed by atoms with van der Waals surface area (Å²) in [5, 5.41) is -11.3. The summed E-state index contributed by atoms with van der Waals surface area (Å²) in [5.41, 5.74) is -0.365. The number of alkyl halides is 6. The molecule has 0 atom stereocenters. The van der Waals surface area contributed by atoms with Crippen LogP contribution in [0.4, 0.5) is 26.3 Å². The topological polar surface area (TPSA) is 179 Å². The summed E-state index contributed by atoms with van der Waals surface area (Å²) in [5.74, 6) is -9.92. The molecule has 1 rings (SSSR count). The summed E-state index contributed by atoms with van der Waals surface area (Å²) in [4.78, 5) is 35.4. The summed E-state index contributed by atoms with van der Waals surface area (Å²) in [6.45, 7) is 4.80. The molecule has 1 amide bonds. The maximum absolute atomic E-state index is 13.9. The Morgan fingerprint density at radius 1 is 0.860 bits per heavy atom. The van der Waals surface area contributed by atoms with E-state index in [2.05, 4.69) is 9.50 Å². The van der Waals surface area contributed by atoms with Gasteiger partial charge in [0.25, 0.3) is 0 Å². The molecule has 0 saturated heterocycles. The zero-order valence-corrected chi connectivity index (χ0v) is 24.5. The van der Waals surface area contributed by atoms with Crippen LogP contribution in [0.1, 0.15) is 45.6 Å². The highest BCUT2D eigenvalue weighted by Gasteiger charge is 2.83. The molecule has 0 aliphatic heterocycles. The van der Waals surface area contributed by atoms with E-state index < -0.39 is 65.7 Å². The number of carbonyl (C=O) groups is 3. The Labute approximate surface area is 242 Å². The summed E-state index contributed by atoms with van der Waals surface area (Å²) in [7, 11) is -14.1. The number of hydrogen-bond acceptors (Lipinski definition) is 10. The summed E-state index contributed by atoms with van der Waals surface area (Å²) in [6, 6.07) is 3.46. The molecule has 246 valence electrons. The van der Waals surface area contributed by atoms with Crippen LogP contribution in [0.15, 0.2) is 24.3 Å². The third-order valence-corrected chi connectivity index (χ3v) is 8.01. The number of esters is 2. The second kappa shape index (κ2) is 14.1. The molecule has 0 heterocycles. The fourth-order valence-electron chi connectivity index (χ4n) is 2.73. The minimum Gasteiger partial charge on any atom is -0.462 e. The number of benzene rings is 1. The van der Waals surface area contributed by atoms with Crippen molar-refractivity contribution in [3.05, 3.63) is 29.8 Å². The molecular weight excluding hydrogens is 644 g/mol. The highest BCUT2D eigenvalue weighted by Crippen LogP contribution is 2.50. The Balaban J connectivity index is 2.56. The van der Waals surface area contributed by atoms with Crippen molar-refractivity contribution >= 4 is 38.1 Å². The van der Waals surface area contributed by atoms with Gasteiger partial charge in [0, 0.05) is 13.0 Å². The molecule has 43 heavy (non-hydrogen) atoms. The first-order chi connectivity index (χ1) is 19.4. The quantitative estimate of drug-likeness (QED) is 0.0816. The van der Waals surface area contributed by atoms with Gasteiger partial charge in [-0.05, 0) is 44.4 Å². The Morgan fingerprint density at radius 2 is 1.40 bits per heavy atom. The predicted molar refractivity (Wildman–Crippen MR) is 134 cm³/mol. The molecule has 2 N–H and O–H groups in total. The third kappa shape index (κ3) is 9.43. The van der Waals surface area contributed by atoms with Crippen molar-refractivity contribution in [2.24, 2.45) is 5.41 Å². The fourth-order valence-corrected chi connectivity index (χ4v) is 4.16. The Hall–Kier alpha value is -3.13. The first-order valence-electron chi connectivity index (χ1n) is 12.2. The average molecular weight is 674 g/mol. The van der Waals surface area contributed by atoms with Gasteiger partial charge in [-0.1, -0.05) is 19.1 Å². The van der Waals surface area contributed by atoms with Crippen LogP contribution in [-0.4, -0.2) is 75.4 Å². The van der Waals surface area contributed by atoms with Crippen molar-refractivity contribution in [1.29, 1.82) is 0 Å². The van der Waals surface area contributed by atoms with E-state index in [0.717, 1.165) is 12.1 Å². The minimum atomic E-state index is -7.17. The molecular formula is C23H29F6NO11S2. The van der Waals surface area contributed by atoms with Crippen LogP contribution < -0.4 is 9.50 Å². The summed E-state index contributed by atoms with van der Waals surface area (Å²) < 4.78 is 148. The summed E-state index contributed by atoms with van der Waals surface area (Å²) >= 11 is 0. The fraction of sp³-hybridized carbons (Fsp3) is 0.609. The van der Waals surface area contributed by atoms with Crippen molar-refractivity contribution in [3.8, 4) is 5.75 Å². The monoisotopic (exact) mass is 673 g/mol. The van der Waals surface area contributed by atoms with Gasteiger partial charge < -0.3 is 19.0 Å². The molecule has 0 bridgehead atoms. The second-order valence-electron chi connectivity index (χ2n) is 9.46. The molecule has 1 aromatic rings. The van der Waals surface area contributed by atoms with Gasteiger partial charge in [0.2, 0.25) is 5.91 Å². The lowest BCUT2D eigenvalue weighted by Gasteiger charge is -2.29. The Morgan fingerprint density at radius 3 is 1.91 bits per heavy atom. The highest BCUT2D eigenvalue weighted by molar-refractivity contribution is 7.88. The first-order valence-corrected chi connectivity index (χ1v) is 15.0. The van der Waals surface area contributed by atoms with Gasteiger partial charge in [-0.15, -0.1) is 0 Å². The molecule has 0 spiro atoms. The third-order valence-electron chi connectivity index (χ3n) is 5.81.